The molecule has 1 aliphatic heterocycles. The summed E-state index contributed by atoms with van der Waals surface area (Å²) >= 11 is 1.35. The molecule has 0 bridgehead atoms. The average Bonchev–Trinajstić information content (AvgIpc) is 3.24. The zero-order valence-corrected chi connectivity index (χ0v) is 23.0. The van der Waals surface area contributed by atoms with Gasteiger partial charge in [0, 0.05) is 29.2 Å². The van der Waals surface area contributed by atoms with Crippen LogP contribution in [-0.4, -0.2) is 53.2 Å². The molecule has 1 aliphatic carbocycles. The number of anilines is 1. The number of likely N-dealkylation sites (N-methyl/N-ethyl adjacent to an activating group) is 1. The van der Waals surface area contributed by atoms with E-state index in [0.29, 0.717) is 10.8 Å². The first-order valence-corrected chi connectivity index (χ1v) is 13.8. The van der Waals surface area contributed by atoms with Crippen LogP contribution in [-0.2, 0) is 4.74 Å². The number of carboxylic acid groups (broad SMARTS) is 1. The topological polar surface area (TPSA) is 82.0 Å². The fourth-order valence-electron chi connectivity index (χ4n) is 5.37. The Hall–Kier alpha value is -2.19. The Morgan fingerprint density at radius 3 is 2.44 bits per heavy atom. The van der Waals surface area contributed by atoms with Crippen molar-refractivity contribution in [1.82, 2.24) is 4.90 Å². The third-order valence-corrected chi connectivity index (χ3v) is 8.43. The fraction of sp³-hybridized carbons (Fsp3) is 0.552. The molecule has 1 fully saturated rings. The van der Waals surface area contributed by atoms with E-state index in [9.17, 15) is 15.0 Å². The second kappa shape index (κ2) is 11.1. The maximum Gasteiger partial charge on any atom is 0.346 e. The number of nitrogens with one attached hydrogen (secondary N) is 1. The lowest BCUT2D eigenvalue weighted by molar-refractivity contribution is -0.148. The van der Waals surface area contributed by atoms with Gasteiger partial charge in [-0.25, -0.2) is 4.79 Å². The number of aromatic carboxylic acids is 1. The third kappa shape index (κ3) is 6.57. The molecule has 0 radical (unpaired) electrons. The van der Waals surface area contributed by atoms with Crippen molar-refractivity contribution in [3.05, 3.63) is 46.3 Å². The second-order valence-corrected chi connectivity index (χ2v) is 12.5. The van der Waals surface area contributed by atoms with Crippen LogP contribution in [0.15, 0.2) is 35.9 Å². The Morgan fingerprint density at radius 2 is 1.83 bits per heavy atom. The summed E-state index contributed by atoms with van der Waals surface area (Å²) in [4.78, 5) is 16.1. The van der Waals surface area contributed by atoms with E-state index in [1.54, 1.807) is 0 Å². The molecule has 0 saturated heterocycles. The maximum atomic E-state index is 12.3. The van der Waals surface area contributed by atoms with Crippen molar-refractivity contribution in [3.8, 4) is 10.4 Å². The minimum atomic E-state index is -1.11. The van der Waals surface area contributed by atoms with Gasteiger partial charge in [0.1, 0.15) is 4.88 Å². The lowest BCUT2D eigenvalue weighted by Crippen LogP contribution is -2.32. The number of nitrogens with zero attached hydrogens (tertiary/aromatic N) is 1. The molecule has 7 heteroatoms. The number of hydrogen-bond acceptors (Lipinski definition) is 6. The lowest BCUT2D eigenvalue weighted by atomic mass is 9.75. The zero-order chi connectivity index (χ0) is 26.0. The smallest absolute Gasteiger partial charge is 0.346 e. The molecular formula is C29H40N2O4S. The van der Waals surface area contributed by atoms with Crippen LogP contribution in [0.5, 0.6) is 0 Å². The first-order valence-electron chi connectivity index (χ1n) is 13.0. The van der Waals surface area contributed by atoms with Gasteiger partial charge < -0.3 is 25.2 Å². The standard InChI is InChI=1S/C29H40N2O4S/c1-18-6-8-19(9-7-18)24-17-31(5)15-14-22(24)23-16-25(36-26(23)27(32)33)20-10-12-21(13-11-20)30-28(34)35-29(2,3)4/h10-13,16,18-19,28,30,34H,6-9,14-15,17H2,1-5H3,(H,32,33). The number of rotatable bonds is 7. The molecule has 0 amide bonds. The number of carboxylic acids is 1. The van der Waals surface area contributed by atoms with Crippen molar-refractivity contribution in [2.45, 2.75) is 71.8 Å². The zero-order valence-electron chi connectivity index (χ0n) is 22.1. The molecule has 3 N–H and O–H groups in total. The summed E-state index contributed by atoms with van der Waals surface area (Å²) in [6.07, 6.45) is 4.69. The number of hydrogen-bond donors (Lipinski definition) is 3. The summed E-state index contributed by atoms with van der Waals surface area (Å²) in [7, 11) is 2.17. The van der Waals surface area contributed by atoms with Gasteiger partial charge in [-0.3, -0.25) is 0 Å². The van der Waals surface area contributed by atoms with Crippen molar-refractivity contribution >= 4 is 28.6 Å². The monoisotopic (exact) mass is 512 g/mol. The number of benzene rings is 1. The molecule has 196 valence electrons. The number of ether oxygens (including phenoxy) is 1. The van der Waals surface area contributed by atoms with Gasteiger partial charge in [0.05, 0.1) is 5.60 Å². The number of aliphatic hydroxyl groups is 1. The van der Waals surface area contributed by atoms with Crippen molar-refractivity contribution < 1.29 is 19.7 Å². The molecule has 1 saturated carbocycles. The molecule has 36 heavy (non-hydrogen) atoms. The van der Waals surface area contributed by atoms with Gasteiger partial charge in [-0.1, -0.05) is 31.9 Å². The van der Waals surface area contributed by atoms with E-state index in [0.717, 1.165) is 47.1 Å². The Labute approximate surface area is 219 Å². The predicted octanol–water partition coefficient (Wildman–Crippen LogP) is 6.53. The molecule has 1 unspecified atom stereocenters. The summed E-state index contributed by atoms with van der Waals surface area (Å²) in [5, 5.41) is 23.2. The third-order valence-electron chi connectivity index (χ3n) is 7.26. The van der Waals surface area contributed by atoms with Gasteiger partial charge in [-0.05, 0) is 93.8 Å². The van der Waals surface area contributed by atoms with Crippen molar-refractivity contribution in [2.24, 2.45) is 11.8 Å². The number of thiophene rings is 1. The van der Waals surface area contributed by atoms with E-state index in [2.05, 4.69) is 30.3 Å². The van der Waals surface area contributed by atoms with Crippen LogP contribution in [0.4, 0.5) is 5.69 Å². The minimum Gasteiger partial charge on any atom is -0.477 e. The van der Waals surface area contributed by atoms with E-state index < -0.39 is 18.0 Å². The average molecular weight is 513 g/mol. The SMILES string of the molecule is CC1CCC(C2=C(c3cc(-c4ccc(NC(O)OC(C)(C)C)cc4)sc3C(=O)O)CCN(C)C2)CC1. The van der Waals surface area contributed by atoms with Crippen LogP contribution in [0.2, 0.25) is 0 Å². The quantitative estimate of drug-likeness (QED) is 0.366. The molecule has 2 aromatic rings. The Bertz CT molecular complexity index is 1090. The van der Waals surface area contributed by atoms with E-state index in [1.807, 2.05) is 45.0 Å². The highest BCUT2D eigenvalue weighted by Gasteiger charge is 2.30. The second-order valence-electron chi connectivity index (χ2n) is 11.4. The molecular weight excluding hydrogens is 472 g/mol. The van der Waals surface area contributed by atoms with Crippen molar-refractivity contribution in [1.29, 1.82) is 0 Å². The van der Waals surface area contributed by atoms with E-state index in [4.69, 9.17) is 4.74 Å². The van der Waals surface area contributed by atoms with Gasteiger partial charge in [0.25, 0.3) is 0 Å². The highest BCUT2D eigenvalue weighted by atomic mass is 32.1. The van der Waals surface area contributed by atoms with Crippen LogP contribution in [0.3, 0.4) is 0 Å². The lowest BCUT2D eigenvalue weighted by Gasteiger charge is -2.35. The predicted molar refractivity (Wildman–Crippen MR) is 147 cm³/mol. The van der Waals surface area contributed by atoms with Crippen LogP contribution < -0.4 is 5.32 Å². The normalized spacial score (nSPS) is 22.5. The van der Waals surface area contributed by atoms with E-state index in [-0.39, 0.29) is 0 Å². The van der Waals surface area contributed by atoms with Crippen molar-refractivity contribution in [3.63, 3.8) is 0 Å². The van der Waals surface area contributed by atoms with Gasteiger partial charge in [0.2, 0.25) is 6.41 Å². The number of aliphatic hydroxyl groups excluding tert-OH is 1. The Balaban J connectivity index is 1.63. The summed E-state index contributed by atoms with van der Waals surface area (Å²) in [6.45, 7) is 9.87. The molecule has 6 nitrogen and oxygen atoms in total. The molecule has 0 spiro atoms. The maximum absolute atomic E-state index is 12.3. The van der Waals surface area contributed by atoms with Crippen molar-refractivity contribution in [2.75, 3.05) is 25.5 Å². The van der Waals surface area contributed by atoms with Gasteiger partial charge >= 0.3 is 5.97 Å². The minimum absolute atomic E-state index is 0.433. The highest BCUT2D eigenvalue weighted by Crippen LogP contribution is 2.43. The Kier molecular flexibility index (Phi) is 8.25. The van der Waals surface area contributed by atoms with E-state index in [1.165, 1.54) is 48.2 Å². The van der Waals surface area contributed by atoms with Crippen LogP contribution >= 0.6 is 11.3 Å². The Morgan fingerprint density at radius 1 is 1.17 bits per heavy atom. The van der Waals surface area contributed by atoms with Gasteiger partial charge in [-0.15, -0.1) is 11.3 Å². The summed E-state index contributed by atoms with van der Waals surface area (Å²) in [6, 6.07) is 9.77. The van der Waals surface area contributed by atoms with Crippen LogP contribution in [0.1, 0.15) is 75.0 Å². The molecule has 1 atom stereocenters. The largest absolute Gasteiger partial charge is 0.477 e. The summed E-state index contributed by atoms with van der Waals surface area (Å²) < 4.78 is 5.52. The van der Waals surface area contributed by atoms with Crippen LogP contribution in [0.25, 0.3) is 16.0 Å². The summed E-state index contributed by atoms with van der Waals surface area (Å²) in [5.74, 6) is 0.480. The fourth-order valence-corrected chi connectivity index (χ4v) is 6.40. The van der Waals surface area contributed by atoms with Gasteiger partial charge in [-0.2, -0.15) is 0 Å². The molecule has 2 aliphatic rings. The number of carbonyl (C=O) groups is 1. The molecule has 1 aromatic carbocycles. The van der Waals surface area contributed by atoms with Crippen LogP contribution in [0, 0.1) is 11.8 Å². The molecule has 2 heterocycles. The summed E-state index contributed by atoms with van der Waals surface area (Å²) in [5.41, 5.74) is 4.85. The van der Waals surface area contributed by atoms with E-state index >= 15 is 0 Å². The first-order chi connectivity index (χ1) is 17.0. The molecule has 4 rings (SSSR count). The van der Waals surface area contributed by atoms with Gasteiger partial charge in [0.15, 0.2) is 0 Å². The highest BCUT2D eigenvalue weighted by molar-refractivity contribution is 7.17. The molecule has 1 aromatic heterocycles. The first kappa shape index (κ1) is 26.9.